The van der Waals surface area contributed by atoms with E-state index in [0.29, 0.717) is 5.92 Å². The minimum atomic E-state index is 0.701. The summed E-state index contributed by atoms with van der Waals surface area (Å²) >= 11 is 1.78. The monoisotopic (exact) mass is 306 g/mol. The lowest BCUT2D eigenvalue weighted by Crippen LogP contribution is -2.22. The molecule has 2 aromatic rings. The van der Waals surface area contributed by atoms with Crippen molar-refractivity contribution >= 4 is 33.3 Å². The number of aryl methyl sites for hydroxylation is 1. The Hall–Kier alpha value is -1.36. The van der Waals surface area contributed by atoms with Crippen LogP contribution in [0.3, 0.4) is 0 Å². The number of hydrogen-bond acceptors (Lipinski definition) is 5. The second kappa shape index (κ2) is 7.07. The van der Waals surface area contributed by atoms with Crippen LogP contribution in [-0.4, -0.2) is 30.1 Å². The van der Waals surface area contributed by atoms with Crippen molar-refractivity contribution in [2.75, 3.05) is 30.4 Å². The van der Waals surface area contributed by atoms with E-state index < -0.39 is 0 Å². The van der Waals surface area contributed by atoms with E-state index in [0.717, 1.165) is 36.1 Å². The number of aromatic nitrogens is 2. The van der Waals surface area contributed by atoms with Gasteiger partial charge in [-0.15, -0.1) is 11.3 Å². The van der Waals surface area contributed by atoms with E-state index in [2.05, 4.69) is 56.0 Å². The van der Waals surface area contributed by atoms with Gasteiger partial charge >= 0.3 is 0 Å². The van der Waals surface area contributed by atoms with Crippen molar-refractivity contribution in [1.29, 1.82) is 0 Å². The SMILES string of the molecule is CCNc1nc(N(C)CCC(C)C)c2cc(CC)sc2n1. The van der Waals surface area contributed by atoms with Gasteiger partial charge in [0.2, 0.25) is 5.95 Å². The van der Waals surface area contributed by atoms with E-state index in [4.69, 9.17) is 4.98 Å². The van der Waals surface area contributed by atoms with Crippen LogP contribution in [0.4, 0.5) is 11.8 Å². The molecule has 0 fully saturated rings. The molecule has 0 aliphatic heterocycles. The fourth-order valence-corrected chi connectivity index (χ4v) is 3.18. The predicted molar refractivity (Wildman–Crippen MR) is 93.7 cm³/mol. The van der Waals surface area contributed by atoms with Gasteiger partial charge in [-0.2, -0.15) is 4.98 Å². The van der Waals surface area contributed by atoms with Gasteiger partial charge in [0.05, 0.1) is 5.39 Å². The quantitative estimate of drug-likeness (QED) is 0.833. The molecule has 0 aliphatic carbocycles. The molecule has 0 bridgehead atoms. The van der Waals surface area contributed by atoms with Crippen molar-refractivity contribution in [3.63, 3.8) is 0 Å². The number of nitrogens with one attached hydrogen (secondary N) is 1. The smallest absolute Gasteiger partial charge is 0.226 e. The fourth-order valence-electron chi connectivity index (χ4n) is 2.22. The zero-order valence-electron chi connectivity index (χ0n) is 13.7. The average molecular weight is 306 g/mol. The molecule has 2 rings (SSSR count). The first-order chi connectivity index (χ1) is 10.0. The number of anilines is 2. The third-order valence-corrected chi connectivity index (χ3v) is 4.68. The van der Waals surface area contributed by atoms with E-state index >= 15 is 0 Å². The molecule has 116 valence electrons. The molecule has 0 atom stereocenters. The van der Waals surface area contributed by atoms with Gasteiger partial charge in [-0.25, -0.2) is 4.98 Å². The molecule has 4 nitrogen and oxygen atoms in total. The van der Waals surface area contributed by atoms with Gasteiger partial charge in [0.15, 0.2) is 0 Å². The second-order valence-electron chi connectivity index (χ2n) is 5.79. The third kappa shape index (κ3) is 3.84. The number of hydrogen-bond donors (Lipinski definition) is 1. The molecule has 0 aromatic carbocycles. The second-order valence-corrected chi connectivity index (χ2v) is 6.91. The Labute approximate surface area is 131 Å². The molecular formula is C16H26N4S. The van der Waals surface area contributed by atoms with Crippen molar-refractivity contribution in [1.82, 2.24) is 9.97 Å². The third-order valence-electron chi connectivity index (χ3n) is 3.51. The first-order valence-electron chi connectivity index (χ1n) is 7.80. The van der Waals surface area contributed by atoms with Crippen molar-refractivity contribution in [3.05, 3.63) is 10.9 Å². The summed E-state index contributed by atoms with van der Waals surface area (Å²) in [6.07, 6.45) is 2.22. The molecule has 0 amide bonds. The summed E-state index contributed by atoms with van der Waals surface area (Å²) in [6.45, 7) is 10.6. The topological polar surface area (TPSA) is 41.1 Å². The molecule has 5 heteroatoms. The number of nitrogens with zero attached hydrogens (tertiary/aromatic N) is 3. The first kappa shape index (κ1) is 16.0. The molecule has 0 saturated carbocycles. The highest BCUT2D eigenvalue weighted by atomic mass is 32.1. The molecule has 0 unspecified atom stereocenters. The lowest BCUT2D eigenvalue weighted by atomic mass is 10.1. The highest BCUT2D eigenvalue weighted by Gasteiger charge is 2.14. The Morgan fingerprint density at radius 3 is 2.67 bits per heavy atom. The summed E-state index contributed by atoms with van der Waals surface area (Å²) < 4.78 is 0. The van der Waals surface area contributed by atoms with E-state index in [1.54, 1.807) is 11.3 Å². The minimum absolute atomic E-state index is 0.701. The van der Waals surface area contributed by atoms with E-state index in [-0.39, 0.29) is 0 Å². The highest BCUT2D eigenvalue weighted by Crippen LogP contribution is 2.32. The van der Waals surface area contributed by atoms with Crippen LogP contribution in [0.1, 0.15) is 39.0 Å². The van der Waals surface area contributed by atoms with Crippen molar-refractivity contribution in [2.24, 2.45) is 5.92 Å². The van der Waals surface area contributed by atoms with Crippen LogP contribution in [0.2, 0.25) is 0 Å². The average Bonchev–Trinajstić information content (AvgIpc) is 2.87. The molecule has 2 aromatic heterocycles. The van der Waals surface area contributed by atoms with Crippen LogP contribution in [0.25, 0.3) is 10.2 Å². The summed E-state index contributed by atoms with van der Waals surface area (Å²) in [5, 5.41) is 4.43. The lowest BCUT2D eigenvalue weighted by molar-refractivity contribution is 0.584. The number of thiophene rings is 1. The van der Waals surface area contributed by atoms with Gasteiger partial charge in [0.1, 0.15) is 10.6 Å². The molecule has 21 heavy (non-hydrogen) atoms. The maximum Gasteiger partial charge on any atom is 0.226 e. The van der Waals surface area contributed by atoms with Gasteiger partial charge < -0.3 is 10.2 Å². The fraction of sp³-hybridized carbons (Fsp3) is 0.625. The largest absolute Gasteiger partial charge is 0.359 e. The maximum atomic E-state index is 4.73. The molecule has 0 saturated heterocycles. The van der Waals surface area contributed by atoms with Crippen LogP contribution in [0, 0.1) is 5.92 Å². The highest BCUT2D eigenvalue weighted by molar-refractivity contribution is 7.18. The van der Waals surface area contributed by atoms with Crippen LogP contribution in [0.15, 0.2) is 6.07 Å². The molecule has 0 spiro atoms. The van der Waals surface area contributed by atoms with Gasteiger partial charge in [-0.05, 0) is 31.7 Å². The zero-order chi connectivity index (χ0) is 15.4. The van der Waals surface area contributed by atoms with E-state index in [1.807, 2.05) is 0 Å². The Bertz CT molecular complexity index is 591. The minimum Gasteiger partial charge on any atom is -0.359 e. The first-order valence-corrected chi connectivity index (χ1v) is 8.62. The van der Waals surface area contributed by atoms with Crippen molar-refractivity contribution in [3.8, 4) is 0 Å². The van der Waals surface area contributed by atoms with Crippen LogP contribution in [0.5, 0.6) is 0 Å². The number of fused-ring (bicyclic) bond motifs is 1. The molecule has 0 radical (unpaired) electrons. The Morgan fingerprint density at radius 1 is 1.29 bits per heavy atom. The normalized spacial score (nSPS) is 11.3. The predicted octanol–water partition coefficient (Wildman–Crippen LogP) is 4.17. The lowest BCUT2D eigenvalue weighted by Gasteiger charge is -2.20. The Kier molecular flexibility index (Phi) is 5.39. The Morgan fingerprint density at radius 2 is 2.05 bits per heavy atom. The van der Waals surface area contributed by atoms with E-state index in [9.17, 15) is 0 Å². The molecule has 2 heterocycles. The van der Waals surface area contributed by atoms with Gasteiger partial charge in [-0.3, -0.25) is 0 Å². The van der Waals surface area contributed by atoms with Crippen molar-refractivity contribution in [2.45, 2.75) is 40.5 Å². The summed E-state index contributed by atoms with van der Waals surface area (Å²) in [4.78, 5) is 14.1. The van der Waals surface area contributed by atoms with Gasteiger partial charge in [0.25, 0.3) is 0 Å². The Balaban J connectivity index is 2.40. The zero-order valence-corrected chi connectivity index (χ0v) is 14.5. The summed E-state index contributed by atoms with van der Waals surface area (Å²) in [5.74, 6) is 2.49. The maximum absolute atomic E-state index is 4.73. The summed E-state index contributed by atoms with van der Waals surface area (Å²) in [5.41, 5.74) is 0. The van der Waals surface area contributed by atoms with Crippen molar-refractivity contribution < 1.29 is 0 Å². The molecule has 0 aliphatic rings. The standard InChI is InChI=1S/C16H26N4S/c1-6-12-10-13-14(20(5)9-8-11(3)4)18-16(17-7-2)19-15(13)21-12/h10-11H,6-9H2,1-5H3,(H,17,18,19). The van der Waals surface area contributed by atoms with Gasteiger partial charge in [0, 0.05) is 25.0 Å². The summed E-state index contributed by atoms with van der Waals surface area (Å²) in [6, 6.07) is 2.25. The number of rotatable bonds is 7. The van der Waals surface area contributed by atoms with E-state index in [1.165, 1.54) is 16.7 Å². The van der Waals surface area contributed by atoms with Gasteiger partial charge in [-0.1, -0.05) is 20.8 Å². The molecular weight excluding hydrogens is 280 g/mol. The summed E-state index contributed by atoms with van der Waals surface area (Å²) in [7, 11) is 2.13. The molecule has 1 N–H and O–H groups in total. The van der Waals surface area contributed by atoms with Crippen LogP contribution < -0.4 is 10.2 Å². The van der Waals surface area contributed by atoms with Crippen LogP contribution in [-0.2, 0) is 6.42 Å². The van der Waals surface area contributed by atoms with Crippen LogP contribution >= 0.6 is 11.3 Å².